The molecule has 3 aromatic rings. The highest BCUT2D eigenvalue weighted by atomic mass is 79.9. The molecule has 0 amide bonds. The molecule has 0 fully saturated rings. The Kier molecular flexibility index (Phi) is 4.36. The molecule has 2 aromatic carbocycles. The summed E-state index contributed by atoms with van der Waals surface area (Å²) in [4.78, 5) is 4.72. The molecule has 0 atom stereocenters. The van der Waals surface area contributed by atoms with Crippen molar-refractivity contribution in [2.75, 3.05) is 0 Å². The van der Waals surface area contributed by atoms with Crippen LogP contribution >= 0.6 is 15.9 Å². The molecule has 0 bridgehead atoms. The lowest BCUT2D eigenvalue weighted by Crippen LogP contribution is -2.16. The van der Waals surface area contributed by atoms with Crippen LogP contribution in [0.4, 0.5) is 0 Å². The molecule has 0 saturated carbocycles. The molecule has 108 valence electrons. The molecule has 0 aliphatic rings. The van der Waals surface area contributed by atoms with Crippen LogP contribution in [0.2, 0.25) is 0 Å². The third kappa shape index (κ3) is 3.17. The van der Waals surface area contributed by atoms with Crippen molar-refractivity contribution >= 4 is 27.0 Å². The van der Waals surface area contributed by atoms with Gasteiger partial charge in [-0.3, -0.25) is 0 Å². The van der Waals surface area contributed by atoms with Crippen LogP contribution in [0.5, 0.6) is 0 Å². The van der Waals surface area contributed by atoms with Gasteiger partial charge < -0.3 is 9.88 Å². The molecule has 3 nitrogen and oxygen atoms in total. The number of fused-ring (bicyclic) bond motifs is 1. The Balaban J connectivity index is 1.73. The quantitative estimate of drug-likeness (QED) is 0.755. The van der Waals surface area contributed by atoms with Crippen molar-refractivity contribution in [2.45, 2.75) is 26.6 Å². The average Bonchev–Trinajstić information content (AvgIpc) is 2.84. The number of rotatable bonds is 5. The fraction of sp³-hybridized carbons (Fsp3) is 0.235. The molecule has 0 unspecified atom stereocenters. The van der Waals surface area contributed by atoms with E-state index in [1.54, 1.807) is 0 Å². The van der Waals surface area contributed by atoms with Crippen LogP contribution in [0.15, 0.2) is 53.0 Å². The number of nitrogens with zero attached hydrogens (tertiary/aromatic N) is 2. The van der Waals surface area contributed by atoms with Gasteiger partial charge in [0.2, 0.25) is 0 Å². The molecule has 4 heteroatoms. The highest BCUT2D eigenvalue weighted by Crippen LogP contribution is 2.16. The maximum Gasteiger partial charge on any atom is 0.123 e. The first-order valence-electron chi connectivity index (χ1n) is 7.17. The molecule has 0 aliphatic heterocycles. The summed E-state index contributed by atoms with van der Waals surface area (Å²) < 4.78 is 3.38. The lowest BCUT2D eigenvalue weighted by atomic mass is 10.2. The van der Waals surface area contributed by atoms with Crippen LogP contribution < -0.4 is 5.32 Å². The molecule has 1 aromatic heterocycles. The zero-order chi connectivity index (χ0) is 14.7. The van der Waals surface area contributed by atoms with Gasteiger partial charge in [0.05, 0.1) is 17.6 Å². The number of benzene rings is 2. The standard InChI is InChI=1S/C17H18BrN3/c1-2-21-16-9-4-3-8-15(16)20-17(21)12-19-11-13-6-5-7-14(18)10-13/h3-10,19H,2,11-12H2,1H3. The van der Waals surface area contributed by atoms with Crippen molar-refractivity contribution in [3.63, 3.8) is 0 Å². The minimum atomic E-state index is 0.773. The van der Waals surface area contributed by atoms with Crippen molar-refractivity contribution in [3.8, 4) is 0 Å². The van der Waals surface area contributed by atoms with Crippen LogP contribution in [0.3, 0.4) is 0 Å². The Bertz CT molecular complexity index is 749. The summed E-state index contributed by atoms with van der Waals surface area (Å²) >= 11 is 3.50. The van der Waals surface area contributed by atoms with Gasteiger partial charge in [-0.05, 0) is 36.8 Å². The monoisotopic (exact) mass is 343 g/mol. The number of hydrogen-bond acceptors (Lipinski definition) is 2. The van der Waals surface area contributed by atoms with Gasteiger partial charge in [0.15, 0.2) is 0 Å². The van der Waals surface area contributed by atoms with Gasteiger partial charge in [-0.1, -0.05) is 40.2 Å². The van der Waals surface area contributed by atoms with E-state index in [9.17, 15) is 0 Å². The minimum Gasteiger partial charge on any atom is -0.327 e. The summed E-state index contributed by atoms with van der Waals surface area (Å²) in [5.41, 5.74) is 3.54. The average molecular weight is 344 g/mol. The minimum absolute atomic E-state index is 0.773. The lowest BCUT2D eigenvalue weighted by molar-refractivity contribution is 0.621. The van der Waals surface area contributed by atoms with Crippen molar-refractivity contribution in [1.82, 2.24) is 14.9 Å². The van der Waals surface area contributed by atoms with E-state index in [2.05, 4.69) is 69.1 Å². The second-order valence-corrected chi connectivity index (χ2v) is 5.91. The Morgan fingerprint density at radius 2 is 1.95 bits per heavy atom. The number of halogens is 1. The van der Waals surface area contributed by atoms with E-state index in [4.69, 9.17) is 4.98 Å². The third-order valence-electron chi connectivity index (χ3n) is 3.55. The molecule has 0 radical (unpaired) electrons. The summed E-state index contributed by atoms with van der Waals surface area (Å²) in [7, 11) is 0. The van der Waals surface area contributed by atoms with E-state index in [0.29, 0.717) is 0 Å². The van der Waals surface area contributed by atoms with Crippen molar-refractivity contribution in [3.05, 3.63) is 64.4 Å². The van der Waals surface area contributed by atoms with Crippen molar-refractivity contribution < 1.29 is 0 Å². The van der Waals surface area contributed by atoms with Crippen LogP contribution in [0, 0.1) is 0 Å². The molecule has 21 heavy (non-hydrogen) atoms. The first kappa shape index (κ1) is 14.3. The Hall–Kier alpha value is -1.65. The van der Waals surface area contributed by atoms with Crippen molar-refractivity contribution in [1.29, 1.82) is 0 Å². The first-order valence-corrected chi connectivity index (χ1v) is 7.96. The number of aryl methyl sites for hydroxylation is 1. The van der Waals surface area contributed by atoms with E-state index in [1.807, 2.05) is 12.1 Å². The maximum atomic E-state index is 4.72. The molecule has 1 N–H and O–H groups in total. The molecule has 3 rings (SSSR count). The van der Waals surface area contributed by atoms with E-state index in [1.165, 1.54) is 11.1 Å². The Morgan fingerprint density at radius 3 is 2.76 bits per heavy atom. The Morgan fingerprint density at radius 1 is 1.10 bits per heavy atom. The van der Waals surface area contributed by atoms with Crippen LogP contribution in [0.25, 0.3) is 11.0 Å². The smallest absolute Gasteiger partial charge is 0.123 e. The predicted molar refractivity (Wildman–Crippen MR) is 90.1 cm³/mol. The van der Waals surface area contributed by atoms with Gasteiger partial charge in [0.25, 0.3) is 0 Å². The number of hydrogen-bond donors (Lipinski definition) is 1. The summed E-state index contributed by atoms with van der Waals surface area (Å²) in [5, 5.41) is 3.48. The van der Waals surface area contributed by atoms with Gasteiger partial charge in [-0.15, -0.1) is 0 Å². The number of para-hydroxylation sites is 2. The Labute approximate surface area is 133 Å². The van der Waals surface area contributed by atoms with Crippen LogP contribution in [-0.4, -0.2) is 9.55 Å². The highest BCUT2D eigenvalue weighted by molar-refractivity contribution is 9.10. The molecule has 0 aliphatic carbocycles. The van der Waals surface area contributed by atoms with Crippen LogP contribution in [0.1, 0.15) is 18.3 Å². The summed E-state index contributed by atoms with van der Waals surface area (Å²) in [5.74, 6) is 1.09. The normalized spacial score (nSPS) is 11.1. The second kappa shape index (κ2) is 6.41. The number of imidazole rings is 1. The third-order valence-corrected chi connectivity index (χ3v) is 4.04. The lowest BCUT2D eigenvalue weighted by Gasteiger charge is -2.08. The SMILES string of the molecule is CCn1c(CNCc2cccc(Br)c2)nc2ccccc21. The zero-order valence-corrected chi connectivity index (χ0v) is 13.6. The van der Waals surface area contributed by atoms with Gasteiger partial charge in [0.1, 0.15) is 5.82 Å². The predicted octanol–water partition coefficient (Wildman–Crippen LogP) is 4.11. The zero-order valence-electron chi connectivity index (χ0n) is 12.0. The summed E-state index contributed by atoms with van der Waals surface area (Å²) in [6.07, 6.45) is 0. The van der Waals surface area contributed by atoms with E-state index in [0.717, 1.165) is 35.4 Å². The highest BCUT2D eigenvalue weighted by Gasteiger charge is 2.08. The van der Waals surface area contributed by atoms with Gasteiger partial charge >= 0.3 is 0 Å². The number of aromatic nitrogens is 2. The van der Waals surface area contributed by atoms with Gasteiger partial charge in [-0.25, -0.2) is 4.98 Å². The topological polar surface area (TPSA) is 29.9 Å². The van der Waals surface area contributed by atoms with Crippen LogP contribution in [-0.2, 0) is 19.6 Å². The fourth-order valence-electron chi connectivity index (χ4n) is 2.58. The molecule has 0 spiro atoms. The largest absolute Gasteiger partial charge is 0.327 e. The number of nitrogens with one attached hydrogen (secondary N) is 1. The van der Waals surface area contributed by atoms with Gasteiger partial charge in [0, 0.05) is 17.6 Å². The summed E-state index contributed by atoms with van der Waals surface area (Å²) in [6, 6.07) is 16.7. The second-order valence-electron chi connectivity index (χ2n) is 4.99. The molecular formula is C17H18BrN3. The first-order chi connectivity index (χ1) is 10.3. The molecular weight excluding hydrogens is 326 g/mol. The summed E-state index contributed by atoms with van der Waals surface area (Å²) in [6.45, 7) is 4.71. The van der Waals surface area contributed by atoms with E-state index >= 15 is 0 Å². The van der Waals surface area contributed by atoms with Gasteiger partial charge in [-0.2, -0.15) is 0 Å². The molecule has 1 heterocycles. The fourth-order valence-corrected chi connectivity index (χ4v) is 3.03. The van der Waals surface area contributed by atoms with E-state index in [-0.39, 0.29) is 0 Å². The van der Waals surface area contributed by atoms with E-state index < -0.39 is 0 Å². The maximum absolute atomic E-state index is 4.72. The van der Waals surface area contributed by atoms with Crippen molar-refractivity contribution in [2.24, 2.45) is 0 Å². The molecule has 0 saturated heterocycles.